The second-order valence-corrected chi connectivity index (χ2v) is 6.99. The predicted molar refractivity (Wildman–Crippen MR) is 118 cm³/mol. The van der Waals surface area contributed by atoms with E-state index in [9.17, 15) is 9.18 Å². The van der Waals surface area contributed by atoms with Crippen molar-refractivity contribution in [3.8, 4) is 0 Å². The number of hydrogen-bond acceptors (Lipinski definition) is 5. The molecule has 1 aromatic heterocycles. The van der Waals surface area contributed by atoms with E-state index in [0.29, 0.717) is 13.0 Å². The number of halogens is 3. The molecule has 4 rings (SSSR count). The van der Waals surface area contributed by atoms with Crippen molar-refractivity contribution in [2.45, 2.75) is 13.0 Å². The zero-order valence-electron chi connectivity index (χ0n) is 16.1. The first-order chi connectivity index (χ1) is 13.2. The van der Waals surface area contributed by atoms with Crippen LogP contribution in [0.15, 0.2) is 36.5 Å². The summed E-state index contributed by atoms with van der Waals surface area (Å²) in [5.41, 5.74) is 1.98. The van der Waals surface area contributed by atoms with Crippen LogP contribution in [0, 0.1) is 5.82 Å². The SMILES string of the molecule is Cl.Cl.O=C(CN1CCN(c2ccccn2)CC1)Nc1ccc2c(c1F)CCNC2. The minimum absolute atomic E-state index is 0. The highest BCUT2D eigenvalue weighted by molar-refractivity contribution is 5.92. The van der Waals surface area contributed by atoms with Gasteiger partial charge in [0.1, 0.15) is 11.6 Å². The van der Waals surface area contributed by atoms with E-state index in [1.54, 1.807) is 12.3 Å². The first-order valence-corrected chi connectivity index (χ1v) is 9.40. The fraction of sp³-hybridized carbons (Fsp3) is 0.400. The highest BCUT2D eigenvalue weighted by atomic mass is 35.5. The van der Waals surface area contributed by atoms with Crippen LogP contribution in [0.25, 0.3) is 0 Å². The molecule has 9 heteroatoms. The smallest absolute Gasteiger partial charge is 0.238 e. The second-order valence-electron chi connectivity index (χ2n) is 6.99. The molecule has 0 radical (unpaired) electrons. The summed E-state index contributed by atoms with van der Waals surface area (Å²) in [4.78, 5) is 21.1. The number of pyridine rings is 1. The third kappa shape index (κ3) is 5.57. The average molecular weight is 442 g/mol. The molecule has 0 unspecified atom stereocenters. The summed E-state index contributed by atoms with van der Waals surface area (Å²) >= 11 is 0. The Hall–Kier alpha value is -1.93. The molecule has 1 fully saturated rings. The number of carbonyl (C=O) groups is 1. The summed E-state index contributed by atoms with van der Waals surface area (Å²) in [5, 5.41) is 5.98. The topological polar surface area (TPSA) is 60.5 Å². The van der Waals surface area contributed by atoms with Crippen LogP contribution in [0.4, 0.5) is 15.9 Å². The van der Waals surface area contributed by atoms with Crippen molar-refractivity contribution in [3.05, 3.63) is 53.5 Å². The lowest BCUT2D eigenvalue weighted by atomic mass is 9.99. The molecule has 2 aliphatic rings. The third-order valence-corrected chi connectivity index (χ3v) is 5.19. The molecule has 0 bridgehead atoms. The van der Waals surface area contributed by atoms with Gasteiger partial charge < -0.3 is 15.5 Å². The van der Waals surface area contributed by atoms with Gasteiger partial charge in [0.15, 0.2) is 0 Å². The molecule has 0 spiro atoms. The number of amides is 1. The molecule has 3 heterocycles. The van der Waals surface area contributed by atoms with Gasteiger partial charge >= 0.3 is 0 Å². The van der Waals surface area contributed by atoms with Crippen LogP contribution < -0.4 is 15.5 Å². The number of aromatic nitrogens is 1. The van der Waals surface area contributed by atoms with Crippen molar-refractivity contribution in [1.29, 1.82) is 0 Å². The first-order valence-electron chi connectivity index (χ1n) is 9.40. The third-order valence-electron chi connectivity index (χ3n) is 5.19. The van der Waals surface area contributed by atoms with Gasteiger partial charge in [0, 0.05) is 38.9 Å². The molecule has 0 aliphatic carbocycles. The Morgan fingerprint density at radius 2 is 1.93 bits per heavy atom. The molecule has 0 atom stereocenters. The Bertz CT molecular complexity index is 816. The fourth-order valence-electron chi connectivity index (χ4n) is 3.70. The fourth-order valence-corrected chi connectivity index (χ4v) is 3.70. The number of hydrogen-bond donors (Lipinski definition) is 2. The van der Waals surface area contributed by atoms with Gasteiger partial charge in [0.25, 0.3) is 0 Å². The van der Waals surface area contributed by atoms with Crippen LogP contribution in [-0.2, 0) is 17.8 Å². The number of anilines is 2. The Labute approximate surface area is 182 Å². The second kappa shape index (κ2) is 10.7. The van der Waals surface area contributed by atoms with Crippen molar-refractivity contribution in [3.63, 3.8) is 0 Å². The molecule has 2 N–H and O–H groups in total. The van der Waals surface area contributed by atoms with E-state index in [1.807, 2.05) is 24.3 Å². The molecule has 0 saturated carbocycles. The maximum absolute atomic E-state index is 14.7. The Kier molecular flexibility index (Phi) is 8.64. The summed E-state index contributed by atoms with van der Waals surface area (Å²) in [6.45, 7) is 4.93. The summed E-state index contributed by atoms with van der Waals surface area (Å²) in [5.74, 6) is 0.503. The van der Waals surface area contributed by atoms with E-state index >= 15 is 0 Å². The van der Waals surface area contributed by atoms with Gasteiger partial charge in [0.05, 0.1) is 12.2 Å². The van der Waals surface area contributed by atoms with Crippen LogP contribution >= 0.6 is 24.8 Å². The molecule has 1 aromatic carbocycles. The van der Waals surface area contributed by atoms with Crippen LogP contribution in [0.2, 0.25) is 0 Å². The van der Waals surface area contributed by atoms with E-state index in [1.165, 1.54) is 0 Å². The minimum Gasteiger partial charge on any atom is -0.354 e. The molecule has 158 valence electrons. The predicted octanol–water partition coefficient (Wildman–Crippen LogP) is 2.47. The monoisotopic (exact) mass is 441 g/mol. The largest absolute Gasteiger partial charge is 0.354 e. The maximum Gasteiger partial charge on any atom is 0.238 e. The van der Waals surface area contributed by atoms with Crippen molar-refractivity contribution < 1.29 is 9.18 Å². The number of piperazine rings is 1. The van der Waals surface area contributed by atoms with Crippen LogP contribution in [0.5, 0.6) is 0 Å². The molecule has 29 heavy (non-hydrogen) atoms. The summed E-state index contributed by atoms with van der Waals surface area (Å²) < 4.78 is 14.7. The summed E-state index contributed by atoms with van der Waals surface area (Å²) in [6, 6.07) is 9.44. The summed E-state index contributed by atoms with van der Waals surface area (Å²) in [6.07, 6.45) is 2.44. The van der Waals surface area contributed by atoms with Crippen molar-refractivity contribution in [2.75, 3.05) is 49.5 Å². The average Bonchev–Trinajstić information content (AvgIpc) is 2.71. The van der Waals surface area contributed by atoms with Gasteiger partial charge in [-0.3, -0.25) is 9.69 Å². The minimum atomic E-state index is -0.290. The van der Waals surface area contributed by atoms with Gasteiger partial charge in [0.2, 0.25) is 5.91 Å². The molecule has 6 nitrogen and oxygen atoms in total. The zero-order valence-corrected chi connectivity index (χ0v) is 17.7. The van der Waals surface area contributed by atoms with Gasteiger partial charge in [-0.25, -0.2) is 9.37 Å². The number of carbonyl (C=O) groups excluding carboxylic acids is 1. The van der Waals surface area contributed by atoms with Gasteiger partial charge in [-0.15, -0.1) is 24.8 Å². The lowest BCUT2D eigenvalue weighted by molar-refractivity contribution is -0.117. The van der Waals surface area contributed by atoms with Gasteiger partial charge in [-0.05, 0) is 42.3 Å². The number of rotatable bonds is 4. The Balaban J connectivity index is 0.00000150. The van der Waals surface area contributed by atoms with Crippen molar-refractivity contribution in [1.82, 2.24) is 15.2 Å². The highest BCUT2D eigenvalue weighted by Gasteiger charge is 2.21. The molecule has 1 amide bonds. The van der Waals surface area contributed by atoms with E-state index < -0.39 is 0 Å². The summed E-state index contributed by atoms with van der Waals surface area (Å²) in [7, 11) is 0. The first kappa shape index (κ1) is 23.3. The highest BCUT2D eigenvalue weighted by Crippen LogP contribution is 2.24. The maximum atomic E-state index is 14.7. The van der Waals surface area contributed by atoms with Crippen LogP contribution in [0.3, 0.4) is 0 Å². The number of benzene rings is 1. The standard InChI is InChI=1S/C20H24FN5O.2ClH/c21-20-16-6-8-22-13-15(16)4-5-17(20)24-19(27)14-25-9-11-26(12-10-25)18-3-1-2-7-23-18;;/h1-5,7,22H,6,8-14H2,(H,24,27);2*1H. The normalized spacial score (nSPS) is 16.2. The van der Waals surface area contributed by atoms with Gasteiger partial charge in [-0.2, -0.15) is 0 Å². The molecule has 2 aliphatic heterocycles. The Morgan fingerprint density at radius 3 is 2.66 bits per heavy atom. The van der Waals surface area contributed by atoms with E-state index in [4.69, 9.17) is 0 Å². The number of nitrogens with one attached hydrogen (secondary N) is 2. The zero-order chi connectivity index (χ0) is 18.6. The van der Waals surface area contributed by atoms with Gasteiger partial charge in [-0.1, -0.05) is 12.1 Å². The molecular formula is C20H26Cl2FN5O. The van der Waals surface area contributed by atoms with Crippen molar-refractivity contribution in [2.24, 2.45) is 0 Å². The van der Waals surface area contributed by atoms with E-state index in [2.05, 4.69) is 25.4 Å². The molecular weight excluding hydrogens is 416 g/mol. The number of fused-ring (bicyclic) bond motifs is 1. The molecule has 2 aromatic rings. The van der Waals surface area contributed by atoms with Crippen LogP contribution in [-0.4, -0.2) is 55.1 Å². The number of nitrogens with zero attached hydrogens (tertiary/aromatic N) is 3. The van der Waals surface area contributed by atoms with Crippen molar-refractivity contribution >= 4 is 42.2 Å². The lowest BCUT2D eigenvalue weighted by Crippen LogP contribution is -2.49. The van der Waals surface area contributed by atoms with Crippen LogP contribution in [0.1, 0.15) is 11.1 Å². The Morgan fingerprint density at radius 1 is 1.14 bits per heavy atom. The van der Waals surface area contributed by atoms with E-state index in [-0.39, 0.29) is 48.8 Å². The lowest BCUT2D eigenvalue weighted by Gasteiger charge is -2.35. The quantitative estimate of drug-likeness (QED) is 0.762. The van der Waals surface area contributed by atoms with E-state index in [0.717, 1.165) is 49.7 Å². The molecule has 1 saturated heterocycles.